The van der Waals surface area contributed by atoms with Gasteiger partial charge in [-0.15, -0.1) is 0 Å². The van der Waals surface area contributed by atoms with E-state index < -0.39 is 10.1 Å². The van der Waals surface area contributed by atoms with Crippen LogP contribution in [0, 0.1) is 11.8 Å². The van der Waals surface area contributed by atoms with Gasteiger partial charge >= 0.3 is 0 Å². The van der Waals surface area contributed by atoms with Gasteiger partial charge in [0.05, 0.1) is 12.9 Å². The van der Waals surface area contributed by atoms with Crippen LogP contribution in [-0.4, -0.2) is 35.0 Å². The molecule has 0 spiro atoms. The molecule has 5 heteroatoms. The maximum Gasteiger partial charge on any atom is 0.264 e. The van der Waals surface area contributed by atoms with E-state index in [0.29, 0.717) is 25.0 Å². The second-order valence-electron chi connectivity index (χ2n) is 4.25. The molecule has 15 heavy (non-hydrogen) atoms. The lowest BCUT2D eigenvalue weighted by atomic mass is 9.80. The zero-order valence-electron chi connectivity index (χ0n) is 9.44. The molecule has 1 fully saturated rings. The quantitative estimate of drug-likeness (QED) is 0.677. The summed E-state index contributed by atoms with van der Waals surface area (Å²) >= 11 is 0. The third-order valence-electron chi connectivity index (χ3n) is 2.94. The van der Waals surface area contributed by atoms with Gasteiger partial charge in [0.1, 0.15) is 0 Å². The molecule has 4 nitrogen and oxygen atoms in total. The van der Waals surface area contributed by atoms with Crippen molar-refractivity contribution in [2.75, 3.05) is 26.6 Å². The van der Waals surface area contributed by atoms with Gasteiger partial charge in [-0.1, -0.05) is 12.8 Å². The number of rotatable bonds is 5. The van der Waals surface area contributed by atoms with Crippen LogP contribution in [0.1, 0.15) is 25.7 Å². The Labute approximate surface area is 92.1 Å². The molecule has 0 N–H and O–H groups in total. The average molecular weight is 236 g/mol. The fraction of sp³-hybridized carbons (Fsp3) is 1.00. The van der Waals surface area contributed by atoms with Gasteiger partial charge in [0.2, 0.25) is 0 Å². The van der Waals surface area contributed by atoms with Crippen LogP contribution in [0.15, 0.2) is 0 Å². The van der Waals surface area contributed by atoms with Crippen molar-refractivity contribution in [3.05, 3.63) is 0 Å². The molecule has 1 aliphatic carbocycles. The highest BCUT2D eigenvalue weighted by atomic mass is 32.2. The zero-order valence-corrected chi connectivity index (χ0v) is 10.3. The molecule has 0 radical (unpaired) electrons. The number of hydrogen-bond donors (Lipinski definition) is 0. The summed E-state index contributed by atoms with van der Waals surface area (Å²) in [6.07, 6.45) is 5.64. The first-order valence-electron chi connectivity index (χ1n) is 5.36. The van der Waals surface area contributed by atoms with E-state index in [-0.39, 0.29) is 0 Å². The zero-order chi connectivity index (χ0) is 11.3. The van der Waals surface area contributed by atoms with Crippen LogP contribution in [0.25, 0.3) is 0 Å². The third-order valence-corrected chi connectivity index (χ3v) is 3.51. The molecule has 90 valence electrons. The molecular weight excluding hydrogens is 216 g/mol. The van der Waals surface area contributed by atoms with Crippen LogP contribution in [0.4, 0.5) is 0 Å². The monoisotopic (exact) mass is 236 g/mol. The van der Waals surface area contributed by atoms with Crippen molar-refractivity contribution < 1.29 is 17.3 Å². The van der Waals surface area contributed by atoms with Crippen molar-refractivity contribution in [3.63, 3.8) is 0 Å². The van der Waals surface area contributed by atoms with Crippen LogP contribution in [0.3, 0.4) is 0 Å². The molecule has 2 atom stereocenters. The standard InChI is InChI=1S/C10H20O4S/c1-13-7-9-5-3-4-6-10(9)8-14-15(2,11)12/h9-10H,3-8H2,1-2H3. The van der Waals surface area contributed by atoms with Crippen LogP contribution in [0.5, 0.6) is 0 Å². The van der Waals surface area contributed by atoms with Crippen molar-refractivity contribution in [1.29, 1.82) is 0 Å². The van der Waals surface area contributed by atoms with Gasteiger partial charge in [-0.2, -0.15) is 8.42 Å². The Hall–Kier alpha value is -0.130. The second kappa shape index (κ2) is 5.82. The van der Waals surface area contributed by atoms with Gasteiger partial charge in [-0.25, -0.2) is 0 Å². The molecular formula is C10H20O4S. The Balaban J connectivity index is 2.42. The largest absolute Gasteiger partial charge is 0.384 e. The lowest BCUT2D eigenvalue weighted by molar-refractivity contribution is 0.0710. The summed E-state index contributed by atoms with van der Waals surface area (Å²) in [7, 11) is -1.62. The first-order chi connectivity index (χ1) is 7.03. The van der Waals surface area contributed by atoms with E-state index in [1.54, 1.807) is 7.11 Å². The van der Waals surface area contributed by atoms with E-state index in [9.17, 15) is 8.42 Å². The molecule has 1 saturated carbocycles. The minimum absolute atomic E-state index is 0.312. The van der Waals surface area contributed by atoms with E-state index in [0.717, 1.165) is 25.5 Å². The molecule has 0 saturated heterocycles. The first kappa shape index (κ1) is 12.9. The Morgan fingerprint density at radius 2 is 1.67 bits per heavy atom. The molecule has 0 aromatic heterocycles. The van der Waals surface area contributed by atoms with E-state index in [1.807, 2.05) is 0 Å². The Morgan fingerprint density at radius 3 is 2.13 bits per heavy atom. The summed E-state index contributed by atoms with van der Waals surface area (Å²) in [4.78, 5) is 0. The van der Waals surface area contributed by atoms with E-state index in [2.05, 4.69) is 0 Å². The Kier molecular flexibility index (Phi) is 5.02. The van der Waals surface area contributed by atoms with Crippen LogP contribution < -0.4 is 0 Å². The average Bonchev–Trinajstić information content (AvgIpc) is 2.16. The lowest BCUT2D eigenvalue weighted by Crippen LogP contribution is -2.28. The molecule has 0 aromatic carbocycles. The van der Waals surface area contributed by atoms with E-state index >= 15 is 0 Å². The topological polar surface area (TPSA) is 52.6 Å². The van der Waals surface area contributed by atoms with Crippen LogP contribution >= 0.6 is 0 Å². The number of methoxy groups -OCH3 is 1. The summed E-state index contributed by atoms with van der Waals surface area (Å²) < 4.78 is 31.8. The van der Waals surface area contributed by atoms with Crippen LogP contribution in [0.2, 0.25) is 0 Å². The predicted molar refractivity (Wildman–Crippen MR) is 58.1 cm³/mol. The van der Waals surface area contributed by atoms with Crippen molar-refractivity contribution in [2.24, 2.45) is 11.8 Å². The highest BCUT2D eigenvalue weighted by Crippen LogP contribution is 2.30. The highest BCUT2D eigenvalue weighted by Gasteiger charge is 2.26. The second-order valence-corrected chi connectivity index (χ2v) is 5.89. The Morgan fingerprint density at radius 1 is 1.13 bits per heavy atom. The SMILES string of the molecule is COCC1CCCCC1COS(C)(=O)=O. The smallest absolute Gasteiger partial charge is 0.264 e. The summed E-state index contributed by atoms with van der Waals surface area (Å²) in [6, 6.07) is 0. The fourth-order valence-corrected chi connectivity index (χ4v) is 2.57. The van der Waals surface area contributed by atoms with Gasteiger partial charge in [-0.05, 0) is 24.7 Å². The van der Waals surface area contributed by atoms with Gasteiger partial charge in [0.15, 0.2) is 0 Å². The van der Waals surface area contributed by atoms with Gasteiger partial charge < -0.3 is 4.74 Å². The molecule has 0 bridgehead atoms. The fourth-order valence-electron chi connectivity index (χ4n) is 2.15. The van der Waals surface area contributed by atoms with Gasteiger partial charge in [-0.3, -0.25) is 4.18 Å². The van der Waals surface area contributed by atoms with Crippen molar-refractivity contribution in [3.8, 4) is 0 Å². The normalized spacial score (nSPS) is 27.9. The molecule has 1 rings (SSSR count). The summed E-state index contributed by atoms with van der Waals surface area (Å²) in [5, 5.41) is 0. The maximum atomic E-state index is 10.9. The molecule has 0 amide bonds. The molecule has 0 aliphatic heterocycles. The minimum atomic E-state index is -3.30. The molecule has 2 unspecified atom stereocenters. The molecule has 0 aromatic rings. The minimum Gasteiger partial charge on any atom is -0.384 e. The number of ether oxygens (including phenoxy) is 1. The molecule has 1 aliphatic rings. The third kappa shape index (κ3) is 4.95. The molecule has 0 heterocycles. The summed E-state index contributed by atoms with van der Waals surface area (Å²) in [5.41, 5.74) is 0. The Bertz CT molecular complexity index is 271. The van der Waals surface area contributed by atoms with Crippen molar-refractivity contribution in [2.45, 2.75) is 25.7 Å². The lowest BCUT2D eigenvalue weighted by Gasteiger charge is -2.30. The summed E-state index contributed by atoms with van der Waals surface area (Å²) in [6.45, 7) is 1.02. The van der Waals surface area contributed by atoms with Crippen molar-refractivity contribution in [1.82, 2.24) is 0 Å². The van der Waals surface area contributed by atoms with Crippen molar-refractivity contribution >= 4 is 10.1 Å². The maximum absolute atomic E-state index is 10.9. The van der Waals surface area contributed by atoms with E-state index in [1.165, 1.54) is 6.42 Å². The first-order valence-corrected chi connectivity index (χ1v) is 7.18. The van der Waals surface area contributed by atoms with Gasteiger partial charge in [0, 0.05) is 13.7 Å². The predicted octanol–water partition coefficient (Wildman–Crippen LogP) is 1.42. The highest BCUT2D eigenvalue weighted by molar-refractivity contribution is 7.85. The van der Waals surface area contributed by atoms with E-state index in [4.69, 9.17) is 8.92 Å². The summed E-state index contributed by atoms with van der Waals surface area (Å²) in [5.74, 6) is 0.777. The van der Waals surface area contributed by atoms with Crippen LogP contribution in [-0.2, 0) is 19.0 Å². The van der Waals surface area contributed by atoms with Gasteiger partial charge in [0.25, 0.3) is 10.1 Å². The number of hydrogen-bond acceptors (Lipinski definition) is 4.